The van der Waals surface area contributed by atoms with Gasteiger partial charge >= 0.3 is 0 Å². The molecular formula is C12H9N3O. The number of hydrogen-bond donors (Lipinski definition) is 1. The van der Waals surface area contributed by atoms with Gasteiger partial charge in [0.15, 0.2) is 5.52 Å². The summed E-state index contributed by atoms with van der Waals surface area (Å²) in [5.74, 6) is 1.27. The van der Waals surface area contributed by atoms with E-state index in [4.69, 9.17) is 4.74 Å². The van der Waals surface area contributed by atoms with Crippen LogP contribution in [0.4, 0.5) is 0 Å². The van der Waals surface area contributed by atoms with E-state index in [9.17, 15) is 0 Å². The number of imidazole rings is 1. The Bertz CT molecular complexity index is 604. The maximum atomic E-state index is 5.66. The molecule has 0 aliphatic rings. The maximum Gasteiger partial charge on any atom is 0.247 e. The van der Waals surface area contributed by atoms with Crippen LogP contribution in [0, 0.1) is 0 Å². The first-order valence-corrected chi connectivity index (χ1v) is 4.94. The first kappa shape index (κ1) is 8.91. The summed E-state index contributed by atoms with van der Waals surface area (Å²) in [7, 11) is 0. The summed E-state index contributed by atoms with van der Waals surface area (Å²) in [5, 5.41) is 0. The van der Waals surface area contributed by atoms with Crippen molar-refractivity contribution >= 4 is 11.0 Å². The summed E-state index contributed by atoms with van der Waals surface area (Å²) in [6.07, 6.45) is 3.32. The molecule has 1 aromatic carbocycles. The van der Waals surface area contributed by atoms with Crippen LogP contribution in [0.15, 0.2) is 48.9 Å². The first-order valence-electron chi connectivity index (χ1n) is 4.94. The van der Waals surface area contributed by atoms with Gasteiger partial charge in [0.25, 0.3) is 0 Å². The largest absolute Gasteiger partial charge is 0.437 e. The summed E-state index contributed by atoms with van der Waals surface area (Å²) in [6.45, 7) is 0. The number of rotatable bonds is 2. The zero-order chi connectivity index (χ0) is 10.8. The minimum Gasteiger partial charge on any atom is -0.437 e. The van der Waals surface area contributed by atoms with Gasteiger partial charge < -0.3 is 9.72 Å². The summed E-state index contributed by atoms with van der Waals surface area (Å²) >= 11 is 0. The van der Waals surface area contributed by atoms with E-state index in [1.807, 2.05) is 36.4 Å². The standard InChI is InChI=1S/C12H9N3O/c1-2-4-9(5-3-1)16-12-11-10(6-7-13-12)14-8-15-11/h1-8H,(H,14,15). The number of pyridine rings is 1. The third-order valence-corrected chi connectivity index (χ3v) is 2.26. The summed E-state index contributed by atoms with van der Waals surface area (Å²) in [6, 6.07) is 11.4. The van der Waals surface area contributed by atoms with Gasteiger partial charge in [-0.25, -0.2) is 9.97 Å². The molecule has 4 nitrogen and oxygen atoms in total. The number of nitrogens with zero attached hydrogens (tertiary/aromatic N) is 2. The smallest absolute Gasteiger partial charge is 0.247 e. The van der Waals surface area contributed by atoms with E-state index in [1.165, 1.54) is 0 Å². The summed E-state index contributed by atoms with van der Waals surface area (Å²) < 4.78 is 5.66. The van der Waals surface area contributed by atoms with Crippen molar-refractivity contribution in [3.63, 3.8) is 0 Å². The molecule has 0 radical (unpaired) electrons. The van der Waals surface area contributed by atoms with Gasteiger partial charge in [0.2, 0.25) is 5.88 Å². The van der Waals surface area contributed by atoms with Crippen LogP contribution < -0.4 is 4.74 Å². The molecule has 16 heavy (non-hydrogen) atoms. The lowest BCUT2D eigenvalue weighted by molar-refractivity contribution is 0.468. The topological polar surface area (TPSA) is 50.8 Å². The summed E-state index contributed by atoms with van der Waals surface area (Å²) in [5.41, 5.74) is 1.66. The molecule has 3 rings (SSSR count). The van der Waals surface area contributed by atoms with Crippen molar-refractivity contribution in [2.24, 2.45) is 0 Å². The van der Waals surface area contributed by atoms with Crippen molar-refractivity contribution in [3.8, 4) is 11.6 Å². The van der Waals surface area contributed by atoms with Gasteiger partial charge in [0, 0.05) is 6.20 Å². The molecule has 3 aromatic rings. The quantitative estimate of drug-likeness (QED) is 0.709. The van der Waals surface area contributed by atoms with Crippen LogP contribution in [0.3, 0.4) is 0 Å². The number of ether oxygens (including phenoxy) is 1. The third-order valence-electron chi connectivity index (χ3n) is 2.26. The molecule has 78 valence electrons. The fourth-order valence-corrected chi connectivity index (χ4v) is 1.52. The van der Waals surface area contributed by atoms with Gasteiger partial charge in [-0.2, -0.15) is 0 Å². The lowest BCUT2D eigenvalue weighted by Gasteiger charge is -2.03. The minimum atomic E-state index is 0.518. The molecular weight excluding hydrogens is 202 g/mol. The molecule has 0 atom stereocenters. The van der Waals surface area contributed by atoms with Crippen LogP contribution >= 0.6 is 0 Å². The molecule has 0 fully saturated rings. The monoisotopic (exact) mass is 211 g/mol. The minimum absolute atomic E-state index is 0.518. The second-order valence-electron chi connectivity index (χ2n) is 3.33. The van der Waals surface area contributed by atoms with Crippen molar-refractivity contribution < 1.29 is 4.74 Å². The van der Waals surface area contributed by atoms with E-state index in [1.54, 1.807) is 12.5 Å². The van der Waals surface area contributed by atoms with E-state index in [-0.39, 0.29) is 0 Å². The van der Waals surface area contributed by atoms with Crippen LogP contribution in [-0.4, -0.2) is 15.0 Å². The molecule has 4 heteroatoms. The van der Waals surface area contributed by atoms with Crippen LogP contribution in [0.25, 0.3) is 11.0 Å². The number of benzene rings is 1. The molecule has 0 amide bonds. The zero-order valence-electron chi connectivity index (χ0n) is 8.42. The molecule has 1 N–H and O–H groups in total. The molecule has 2 heterocycles. The number of aromatic amines is 1. The van der Waals surface area contributed by atoms with Crippen molar-refractivity contribution in [1.82, 2.24) is 15.0 Å². The Labute approximate surface area is 91.9 Å². The number of para-hydroxylation sites is 1. The highest BCUT2D eigenvalue weighted by Gasteiger charge is 2.06. The maximum absolute atomic E-state index is 5.66. The normalized spacial score (nSPS) is 10.5. The molecule has 0 saturated carbocycles. The Balaban J connectivity index is 2.04. The average Bonchev–Trinajstić information content (AvgIpc) is 2.80. The molecule has 0 spiro atoms. The molecule has 0 aliphatic heterocycles. The van der Waals surface area contributed by atoms with E-state index >= 15 is 0 Å². The molecule has 0 saturated heterocycles. The van der Waals surface area contributed by atoms with E-state index < -0.39 is 0 Å². The van der Waals surface area contributed by atoms with Crippen molar-refractivity contribution in [3.05, 3.63) is 48.9 Å². The van der Waals surface area contributed by atoms with Crippen LogP contribution in [0.2, 0.25) is 0 Å². The molecule has 0 aliphatic carbocycles. The van der Waals surface area contributed by atoms with Crippen LogP contribution in [-0.2, 0) is 0 Å². The van der Waals surface area contributed by atoms with Crippen LogP contribution in [0.5, 0.6) is 11.6 Å². The van der Waals surface area contributed by atoms with Gasteiger partial charge in [-0.05, 0) is 18.2 Å². The second-order valence-corrected chi connectivity index (χ2v) is 3.33. The lowest BCUT2D eigenvalue weighted by atomic mass is 10.3. The summed E-state index contributed by atoms with van der Waals surface area (Å²) in [4.78, 5) is 11.4. The van der Waals surface area contributed by atoms with E-state index in [2.05, 4.69) is 15.0 Å². The van der Waals surface area contributed by atoms with E-state index in [0.717, 1.165) is 16.8 Å². The molecule has 0 unspecified atom stereocenters. The lowest BCUT2D eigenvalue weighted by Crippen LogP contribution is -1.88. The Morgan fingerprint density at radius 3 is 2.75 bits per heavy atom. The Morgan fingerprint density at radius 1 is 1.00 bits per heavy atom. The highest BCUT2D eigenvalue weighted by Crippen LogP contribution is 2.24. The van der Waals surface area contributed by atoms with Gasteiger partial charge in [0.1, 0.15) is 5.75 Å². The number of nitrogens with one attached hydrogen (secondary N) is 1. The molecule has 0 bridgehead atoms. The highest BCUT2D eigenvalue weighted by molar-refractivity contribution is 5.79. The zero-order valence-corrected chi connectivity index (χ0v) is 8.42. The number of H-pyrrole nitrogens is 1. The third kappa shape index (κ3) is 1.50. The van der Waals surface area contributed by atoms with Crippen LogP contribution in [0.1, 0.15) is 0 Å². The van der Waals surface area contributed by atoms with E-state index in [0.29, 0.717) is 5.88 Å². The number of aromatic nitrogens is 3. The highest BCUT2D eigenvalue weighted by atomic mass is 16.5. The number of fused-ring (bicyclic) bond motifs is 1. The number of hydrogen-bond acceptors (Lipinski definition) is 3. The second kappa shape index (κ2) is 3.66. The van der Waals surface area contributed by atoms with Gasteiger partial charge in [-0.15, -0.1) is 0 Å². The average molecular weight is 211 g/mol. The van der Waals surface area contributed by atoms with Gasteiger partial charge in [0.05, 0.1) is 11.8 Å². The van der Waals surface area contributed by atoms with Crippen molar-refractivity contribution in [2.45, 2.75) is 0 Å². The predicted octanol–water partition coefficient (Wildman–Crippen LogP) is 2.75. The molecule has 2 aromatic heterocycles. The fraction of sp³-hybridized carbons (Fsp3) is 0. The fourth-order valence-electron chi connectivity index (χ4n) is 1.52. The van der Waals surface area contributed by atoms with Gasteiger partial charge in [-0.3, -0.25) is 0 Å². The Morgan fingerprint density at radius 2 is 1.88 bits per heavy atom. The van der Waals surface area contributed by atoms with Crippen molar-refractivity contribution in [1.29, 1.82) is 0 Å². The Kier molecular flexibility index (Phi) is 2.04. The van der Waals surface area contributed by atoms with Crippen molar-refractivity contribution in [2.75, 3.05) is 0 Å². The SMILES string of the molecule is c1ccc(Oc2nccc3[nH]cnc23)cc1. The predicted molar refractivity (Wildman–Crippen MR) is 60.4 cm³/mol. The Hall–Kier alpha value is -2.36. The first-order chi connectivity index (χ1) is 7.93. The van der Waals surface area contributed by atoms with Gasteiger partial charge in [-0.1, -0.05) is 18.2 Å².